The Hall–Kier alpha value is -2.56. The van der Waals surface area contributed by atoms with E-state index in [9.17, 15) is 8.42 Å². The summed E-state index contributed by atoms with van der Waals surface area (Å²) in [6.07, 6.45) is 1.46. The van der Waals surface area contributed by atoms with Gasteiger partial charge in [0.1, 0.15) is 22.3 Å². The van der Waals surface area contributed by atoms with Crippen molar-refractivity contribution in [2.45, 2.75) is 11.4 Å². The van der Waals surface area contributed by atoms with E-state index in [1.54, 1.807) is 24.3 Å². The Balaban J connectivity index is 1.56. The number of rotatable bonds is 5. The van der Waals surface area contributed by atoms with Crippen LogP contribution in [-0.2, 0) is 16.6 Å². The second-order valence-corrected chi connectivity index (χ2v) is 8.00. The highest BCUT2D eigenvalue weighted by Gasteiger charge is 2.21. The third-order valence-corrected chi connectivity index (χ3v) is 5.71. The van der Waals surface area contributed by atoms with Gasteiger partial charge in [-0.1, -0.05) is 29.8 Å². The van der Waals surface area contributed by atoms with E-state index in [0.717, 1.165) is 17.3 Å². The van der Waals surface area contributed by atoms with Gasteiger partial charge in [0, 0.05) is 5.02 Å². The molecule has 2 heterocycles. The summed E-state index contributed by atoms with van der Waals surface area (Å²) in [5.74, 6) is -0.0147. The van der Waals surface area contributed by atoms with Crippen LogP contribution >= 0.6 is 23.3 Å². The number of sulfonamides is 1. The number of nitrogens with zero attached hydrogens (tertiary/aromatic N) is 5. The van der Waals surface area contributed by atoms with Crippen LogP contribution in [0.3, 0.4) is 0 Å². The minimum absolute atomic E-state index is 0.0147. The van der Waals surface area contributed by atoms with Gasteiger partial charge in [-0.25, -0.2) is 17.8 Å². The van der Waals surface area contributed by atoms with Gasteiger partial charge in [-0.2, -0.15) is 13.7 Å². The Morgan fingerprint density at radius 2 is 1.92 bits per heavy atom. The Kier molecular flexibility index (Phi) is 4.31. The monoisotopic (exact) mass is 406 g/mol. The van der Waals surface area contributed by atoms with E-state index in [1.807, 2.05) is 12.1 Å². The molecule has 0 atom stereocenters. The molecular formula is C15H11ClN6O2S2. The lowest BCUT2D eigenvalue weighted by atomic mass is 10.2. The Morgan fingerprint density at radius 3 is 2.73 bits per heavy atom. The summed E-state index contributed by atoms with van der Waals surface area (Å²) < 4.78 is 37.3. The summed E-state index contributed by atoms with van der Waals surface area (Å²) >= 11 is 6.82. The van der Waals surface area contributed by atoms with Crippen molar-refractivity contribution in [3.63, 3.8) is 0 Å². The van der Waals surface area contributed by atoms with Crippen LogP contribution in [0.5, 0.6) is 0 Å². The molecule has 0 aliphatic carbocycles. The molecule has 26 heavy (non-hydrogen) atoms. The van der Waals surface area contributed by atoms with Gasteiger partial charge in [0.2, 0.25) is 0 Å². The van der Waals surface area contributed by atoms with Crippen LogP contribution in [0.1, 0.15) is 5.56 Å². The molecule has 0 unspecified atom stereocenters. The van der Waals surface area contributed by atoms with E-state index >= 15 is 0 Å². The maximum absolute atomic E-state index is 12.6. The zero-order valence-electron chi connectivity index (χ0n) is 13.1. The average Bonchev–Trinajstić information content (AvgIpc) is 3.25. The molecule has 0 saturated heterocycles. The zero-order chi connectivity index (χ0) is 18.1. The average molecular weight is 407 g/mol. The minimum Gasteiger partial charge on any atom is -0.246 e. The molecule has 0 spiro atoms. The van der Waals surface area contributed by atoms with Crippen molar-refractivity contribution >= 4 is 50.3 Å². The van der Waals surface area contributed by atoms with E-state index < -0.39 is 10.0 Å². The highest BCUT2D eigenvalue weighted by atomic mass is 35.5. The van der Waals surface area contributed by atoms with Crippen LogP contribution < -0.4 is 4.72 Å². The highest BCUT2D eigenvalue weighted by molar-refractivity contribution is 7.93. The molecule has 132 valence electrons. The molecule has 0 bridgehead atoms. The number of aromatic nitrogens is 5. The first-order valence-corrected chi connectivity index (χ1v) is 9.98. The van der Waals surface area contributed by atoms with Crippen molar-refractivity contribution in [3.8, 4) is 0 Å². The first-order valence-electron chi connectivity index (χ1n) is 7.39. The van der Waals surface area contributed by atoms with Crippen LogP contribution in [0.4, 0.5) is 5.95 Å². The maximum atomic E-state index is 12.6. The topological polar surface area (TPSA) is 103 Å². The first kappa shape index (κ1) is 16.9. The van der Waals surface area contributed by atoms with Gasteiger partial charge >= 0.3 is 0 Å². The predicted octanol–water partition coefficient (Wildman–Crippen LogP) is 2.79. The predicted molar refractivity (Wildman–Crippen MR) is 98.8 cm³/mol. The molecule has 4 rings (SSSR count). The molecule has 0 aliphatic rings. The lowest BCUT2D eigenvalue weighted by molar-refractivity contribution is 0.601. The summed E-state index contributed by atoms with van der Waals surface area (Å²) in [6.45, 7) is 0.442. The highest BCUT2D eigenvalue weighted by Crippen LogP contribution is 2.22. The van der Waals surface area contributed by atoms with Gasteiger partial charge in [-0.15, -0.1) is 5.10 Å². The fourth-order valence-electron chi connectivity index (χ4n) is 2.37. The fraction of sp³-hybridized carbons (Fsp3) is 0.0667. The quantitative estimate of drug-likeness (QED) is 0.546. The van der Waals surface area contributed by atoms with Crippen molar-refractivity contribution in [1.29, 1.82) is 0 Å². The summed E-state index contributed by atoms with van der Waals surface area (Å²) in [5, 5.41) is 4.80. The molecule has 2 aromatic heterocycles. The van der Waals surface area contributed by atoms with Crippen molar-refractivity contribution in [1.82, 2.24) is 23.5 Å². The van der Waals surface area contributed by atoms with Gasteiger partial charge in [0.15, 0.2) is 0 Å². The Bertz CT molecular complexity index is 1170. The molecule has 0 saturated carbocycles. The van der Waals surface area contributed by atoms with Crippen LogP contribution in [0.25, 0.3) is 11.0 Å². The number of nitrogens with one attached hydrogen (secondary N) is 1. The van der Waals surface area contributed by atoms with Crippen molar-refractivity contribution < 1.29 is 8.42 Å². The number of benzene rings is 2. The fourth-order valence-corrected chi connectivity index (χ4v) is 4.21. The standard InChI is InChI=1S/C15H11ClN6O2S2/c16-11-6-4-10(5-7-11)8-22-9-17-15(18-22)21-26(23,24)13-3-1-2-12-14(13)20-25-19-12/h1-7,9H,8H2,(H,18,21). The molecular weight excluding hydrogens is 396 g/mol. The van der Waals surface area contributed by atoms with E-state index in [-0.39, 0.29) is 10.8 Å². The third kappa shape index (κ3) is 3.39. The number of anilines is 1. The van der Waals surface area contributed by atoms with Gasteiger partial charge in [0.05, 0.1) is 18.3 Å². The Labute approximate surface area is 157 Å². The lowest BCUT2D eigenvalue weighted by Gasteiger charge is -2.05. The second kappa shape index (κ2) is 6.63. The third-order valence-electron chi connectivity index (χ3n) is 3.56. The van der Waals surface area contributed by atoms with E-state index in [4.69, 9.17) is 11.6 Å². The molecule has 11 heteroatoms. The molecule has 2 aromatic carbocycles. The summed E-state index contributed by atoms with van der Waals surface area (Å²) in [6, 6.07) is 12.1. The summed E-state index contributed by atoms with van der Waals surface area (Å²) in [7, 11) is -3.88. The van der Waals surface area contributed by atoms with Crippen molar-refractivity contribution in [2.24, 2.45) is 0 Å². The molecule has 0 amide bonds. The van der Waals surface area contributed by atoms with Gasteiger partial charge in [-0.05, 0) is 29.8 Å². The van der Waals surface area contributed by atoms with Crippen LogP contribution in [-0.4, -0.2) is 31.9 Å². The van der Waals surface area contributed by atoms with Crippen molar-refractivity contribution in [3.05, 3.63) is 59.4 Å². The van der Waals surface area contributed by atoms with Gasteiger partial charge in [0.25, 0.3) is 16.0 Å². The molecule has 0 radical (unpaired) electrons. The van der Waals surface area contributed by atoms with E-state index in [2.05, 4.69) is 23.6 Å². The smallest absolute Gasteiger partial charge is 0.246 e. The van der Waals surface area contributed by atoms with E-state index in [1.165, 1.54) is 17.1 Å². The number of hydrogen-bond acceptors (Lipinski definition) is 7. The molecule has 0 fully saturated rings. The normalized spacial score (nSPS) is 11.7. The molecule has 4 aromatic rings. The Morgan fingerprint density at radius 1 is 1.12 bits per heavy atom. The number of fused-ring (bicyclic) bond motifs is 1. The van der Waals surface area contributed by atoms with Gasteiger partial charge < -0.3 is 0 Å². The SMILES string of the molecule is O=S(=O)(Nc1ncn(Cc2ccc(Cl)cc2)n1)c1cccc2nsnc12. The second-order valence-electron chi connectivity index (χ2n) is 5.39. The molecule has 0 aliphatic heterocycles. The lowest BCUT2D eigenvalue weighted by Crippen LogP contribution is -2.15. The zero-order valence-corrected chi connectivity index (χ0v) is 15.5. The maximum Gasteiger partial charge on any atom is 0.266 e. The van der Waals surface area contributed by atoms with Crippen LogP contribution in [0, 0.1) is 0 Å². The number of halogens is 1. The first-order chi connectivity index (χ1) is 12.5. The van der Waals surface area contributed by atoms with Gasteiger partial charge in [-0.3, -0.25) is 0 Å². The molecule has 8 nitrogen and oxygen atoms in total. The largest absolute Gasteiger partial charge is 0.266 e. The summed E-state index contributed by atoms with van der Waals surface area (Å²) in [4.78, 5) is 4.05. The minimum atomic E-state index is -3.88. The number of hydrogen-bond donors (Lipinski definition) is 1. The van der Waals surface area contributed by atoms with E-state index in [0.29, 0.717) is 22.6 Å². The molecule has 1 N–H and O–H groups in total. The van der Waals surface area contributed by atoms with Crippen LogP contribution in [0.2, 0.25) is 5.02 Å². The van der Waals surface area contributed by atoms with Crippen molar-refractivity contribution in [2.75, 3.05) is 4.72 Å². The summed E-state index contributed by atoms with van der Waals surface area (Å²) in [5.41, 5.74) is 1.82. The van der Waals surface area contributed by atoms with Crippen LogP contribution in [0.15, 0.2) is 53.7 Å².